The molecule has 1 fully saturated rings. The summed E-state index contributed by atoms with van der Waals surface area (Å²) in [6.07, 6.45) is 12.6. The van der Waals surface area contributed by atoms with Crippen LogP contribution in [0.5, 0.6) is 0 Å². The molecule has 0 bridgehead atoms. The predicted octanol–water partition coefficient (Wildman–Crippen LogP) is 4.08. The van der Waals surface area contributed by atoms with Crippen LogP contribution in [0, 0.1) is 5.82 Å². The lowest BCUT2D eigenvalue weighted by Gasteiger charge is -2.07. The lowest BCUT2D eigenvalue weighted by atomic mass is 10.1. The number of carbonyl (C=O) groups is 1. The summed E-state index contributed by atoms with van der Waals surface area (Å²) in [5.74, 6) is -0.0983. The molecule has 1 N–H and O–H groups in total. The average Bonchev–Trinajstić information content (AvgIpc) is 3.33. The van der Waals surface area contributed by atoms with Gasteiger partial charge in [0.1, 0.15) is 11.2 Å². The van der Waals surface area contributed by atoms with Gasteiger partial charge in [-0.05, 0) is 49.3 Å². The van der Waals surface area contributed by atoms with E-state index in [-0.39, 0.29) is 11.0 Å². The van der Waals surface area contributed by atoms with E-state index < -0.39 is 5.82 Å². The number of rotatable bonds is 11. The molecule has 202 valence electrons. The number of hydrogen-bond donors (Lipinski definition) is 1. The first-order valence-electron chi connectivity index (χ1n) is 13.0. The molecule has 0 atom stereocenters. The molecular formula is C27H28ClFN8O2. The van der Waals surface area contributed by atoms with E-state index >= 15 is 0 Å². The smallest absolute Gasteiger partial charge is 0.306 e. The van der Waals surface area contributed by atoms with Crippen molar-refractivity contribution in [1.29, 1.82) is 0 Å². The van der Waals surface area contributed by atoms with Crippen LogP contribution in [-0.2, 0) is 35.6 Å². The molecule has 5 aromatic heterocycles. The number of nitrogens with one attached hydrogen (secondary N) is 1. The zero-order valence-electron chi connectivity index (χ0n) is 21.5. The number of pyridine rings is 2. The van der Waals surface area contributed by atoms with Crippen molar-refractivity contribution in [3.63, 3.8) is 0 Å². The van der Waals surface area contributed by atoms with Crippen molar-refractivity contribution in [3.8, 4) is 0 Å². The third-order valence-electron chi connectivity index (χ3n) is 6.83. The minimum atomic E-state index is -0.486. The van der Waals surface area contributed by atoms with Crippen molar-refractivity contribution >= 4 is 28.7 Å². The van der Waals surface area contributed by atoms with Gasteiger partial charge in [-0.3, -0.25) is 4.79 Å². The van der Waals surface area contributed by atoms with Gasteiger partial charge in [-0.1, -0.05) is 22.9 Å². The first kappa shape index (κ1) is 25.4. The zero-order chi connectivity index (χ0) is 26.9. The minimum absolute atomic E-state index is 0.0639. The standard InChI is InChI=1S/C27H28ClFN8O2/c1-2-39-24(38)6-5-18-9-19(17-3-4-17)12-36-13-21(32-27(18)36)15-37-14-20(33-34-37)10-30-11-23-26-25(29)22(28)7-8-35(26)16-31-23/h7-9,12-14,16-17,30H,2-6,10-11,15H2,1H3. The van der Waals surface area contributed by atoms with Gasteiger partial charge in [-0.25, -0.2) is 19.0 Å². The van der Waals surface area contributed by atoms with Crippen LogP contribution in [0.4, 0.5) is 4.39 Å². The fourth-order valence-corrected chi connectivity index (χ4v) is 4.95. The molecule has 5 aromatic rings. The maximum atomic E-state index is 14.5. The Morgan fingerprint density at radius 1 is 1.21 bits per heavy atom. The molecule has 1 aliphatic carbocycles. The van der Waals surface area contributed by atoms with Gasteiger partial charge in [0, 0.05) is 38.1 Å². The van der Waals surface area contributed by atoms with Crippen molar-refractivity contribution in [2.45, 2.75) is 58.2 Å². The quantitative estimate of drug-likeness (QED) is 0.247. The molecule has 1 aliphatic rings. The number of halogens is 2. The third kappa shape index (κ3) is 5.50. The number of hydrogen-bond acceptors (Lipinski definition) is 7. The monoisotopic (exact) mass is 550 g/mol. The molecule has 5 heterocycles. The number of nitrogens with zero attached hydrogens (tertiary/aromatic N) is 7. The van der Waals surface area contributed by atoms with E-state index in [0.29, 0.717) is 56.2 Å². The molecule has 0 unspecified atom stereocenters. The van der Waals surface area contributed by atoms with E-state index in [9.17, 15) is 9.18 Å². The molecule has 1 saturated carbocycles. The van der Waals surface area contributed by atoms with Crippen molar-refractivity contribution in [2.24, 2.45) is 0 Å². The highest BCUT2D eigenvalue weighted by Crippen LogP contribution is 2.40. The van der Waals surface area contributed by atoms with Gasteiger partial charge in [0.2, 0.25) is 0 Å². The van der Waals surface area contributed by atoms with Crippen LogP contribution in [0.2, 0.25) is 5.02 Å². The average molecular weight is 551 g/mol. The second-order valence-corrected chi connectivity index (χ2v) is 10.2. The number of fused-ring (bicyclic) bond motifs is 2. The highest BCUT2D eigenvalue weighted by molar-refractivity contribution is 6.31. The molecule has 12 heteroatoms. The molecular weight excluding hydrogens is 523 g/mol. The number of imidazole rings is 2. The Hall–Kier alpha value is -3.83. The topological polar surface area (TPSA) is 104 Å². The van der Waals surface area contributed by atoms with Crippen LogP contribution in [0.25, 0.3) is 11.2 Å². The van der Waals surface area contributed by atoms with Crippen LogP contribution < -0.4 is 5.32 Å². The number of carbonyl (C=O) groups excluding carboxylic acids is 1. The van der Waals surface area contributed by atoms with Crippen molar-refractivity contribution in [1.82, 2.24) is 39.1 Å². The van der Waals surface area contributed by atoms with Crippen molar-refractivity contribution in [3.05, 3.63) is 82.3 Å². The highest BCUT2D eigenvalue weighted by atomic mass is 35.5. The Morgan fingerprint density at radius 2 is 2.08 bits per heavy atom. The van der Waals surface area contributed by atoms with Gasteiger partial charge in [-0.15, -0.1) is 5.10 Å². The number of esters is 1. The molecule has 0 amide bonds. The minimum Gasteiger partial charge on any atom is -0.466 e. The van der Waals surface area contributed by atoms with E-state index in [1.807, 2.05) is 19.3 Å². The van der Waals surface area contributed by atoms with E-state index in [4.69, 9.17) is 21.3 Å². The Morgan fingerprint density at radius 3 is 2.90 bits per heavy atom. The Bertz CT molecular complexity index is 1650. The Labute approximate surface area is 228 Å². The van der Waals surface area contributed by atoms with Crippen LogP contribution in [0.1, 0.15) is 60.3 Å². The van der Waals surface area contributed by atoms with Gasteiger partial charge in [0.05, 0.1) is 47.8 Å². The largest absolute Gasteiger partial charge is 0.466 e. The molecule has 10 nitrogen and oxygen atoms in total. The number of aryl methyl sites for hydroxylation is 1. The number of aromatic nitrogens is 7. The zero-order valence-corrected chi connectivity index (χ0v) is 22.2. The van der Waals surface area contributed by atoms with Crippen LogP contribution in [0.3, 0.4) is 0 Å². The molecule has 39 heavy (non-hydrogen) atoms. The summed E-state index contributed by atoms with van der Waals surface area (Å²) in [5, 5.41) is 11.8. The Balaban J connectivity index is 1.12. The first-order chi connectivity index (χ1) is 19.0. The first-order valence-corrected chi connectivity index (χ1v) is 13.4. The van der Waals surface area contributed by atoms with Crippen molar-refractivity contribution in [2.75, 3.05) is 6.61 Å². The third-order valence-corrected chi connectivity index (χ3v) is 7.12. The summed E-state index contributed by atoms with van der Waals surface area (Å²) in [6.45, 7) is 3.45. The summed E-state index contributed by atoms with van der Waals surface area (Å²) in [7, 11) is 0. The fraction of sp³-hybridized carbons (Fsp3) is 0.370. The summed E-state index contributed by atoms with van der Waals surface area (Å²) in [5.41, 5.74) is 5.70. The second-order valence-electron chi connectivity index (χ2n) is 9.78. The van der Waals surface area contributed by atoms with Gasteiger partial charge >= 0.3 is 5.97 Å². The lowest BCUT2D eigenvalue weighted by Crippen LogP contribution is -2.13. The van der Waals surface area contributed by atoms with E-state index in [1.165, 1.54) is 24.5 Å². The molecule has 0 aromatic carbocycles. The highest BCUT2D eigenvalue weighted by Gasteiger charge is 2.25. The summed E-state index contributed by atoms with van der Waals surface area (Å²) < 4.78 is 25.0. The molecule has 0 aliphatic heterocycles. The molecule has 6 rings (SSSR count). The molecule has 0 radical (unpaired) electrons. The Kier molecular flexibility index (Phi) is 7.01. The van der Waals surface area contributed by atoms with Crippen molar-refractivity contribution < 1.29 is 13.9 Å². The van der Waals surface area contributed by atoms with Gasteiger partial charge < -0.3 is 18.9 Å². The molecule has 0 spiro atoms. The molecule has 0 saturated heterocycles. The van der Waals surface area contributed by atoms with E-state index in [1.54, 1.807) is 21.6 Å². The predicted molar refractivity (Wildman–Crippen MR) is 142 cm³/mol. The fourth-order valence-electron chi connectivity index (χ4n) is 4.80. The SMILES string of the molecule is CCOC(=O)CCc1cc(C2CC2)cn2cc(Cn3cc(CNCc4ncn5ccc(Cl)c(F)c45)nn3)nc12. The van der Waals surface area contributed by atoms with E-state index in [2.05, 4.69) is 37.3 Å². The lowest BCUT2D eigenvalue weighted by molar-refractivity contribution is -0.143. The van der Waals surface area contributed by atoms with E-state index in [0.717, 1.165) is 22.6 Å². The normalized spacial score (nSPS) is 13.5. The maximum absolute atomic E-state index is 14.5. The maximum Gasteiger partial charge on any atom is 0.306 e. The van der Waals surface area contributed by atoms with Gasteiger partial charge in [0.25, 0.3) is 0 Å². The van der Waals surface area contributed by atoms with Gasteiger partial charge in [-0.2, -0.15) is 0 Å². The summed E-state index contributed by atoms with van der Waals surface area (Å²) >= 11 is 5.93. The summed E-state index contributed by atoms with van der Waals surface area (Å²) in [6, 6.07) is 3.69. The summed E-state index contributed by atoms with van der Waals surface area (Å²) in [4.78, 5) is 21.1. The van der Waals surface area contributed by atoms with Gasteiger partial charge in [0.15, 0.2) is 5.82 Å². The van der Waals surface area contributed by atoms with Crippen LogP contribution in [-0.4, -0.2) is 46.3 Å². The van der Waals surface area contributed by atoms with Crippen LogP contribution >= 0.6 is 11.6 Å². The second kappa shape index (κ2) is 10.7. The van der Waals surface area contributed by atoms with Crippen LogP contribution in [0.15, 0.2) is 43.2 Å². The number of ether oxygens (including phenoxy) is 1.